The second-order valence-electron chi connectivity index (χ2n) is 6.02. The minimum Gasteiger partial charge on any atom is -0.457 e. The second-order valence-corrected chi connectivity index (χ2v) is 7.04. The summed E-state index contributed by atoms with van der Waals surface area (Å²) in [5.41, 5.74) is 1.75. The summed E-state index contributed by atoms with van der Waals surface area (Å²) in [6.45, 7) is 0.0630. The Kier molecular flexibility index (Phi) is 5.25. The highest BCUT2D eigenvalue weighted by Gasteiger charge is 2.18. The van der Waals surface area contributed by atoms with Crippen molar-refractivity contribution in [2.24, 2.45) is 0 Å². The molecule has 0 aliphatic carbocycles. The highest BCUT2D eigenvalue weighted by atomic mass is 32.2. The van der Waals surface area contributed by atoms with Crippen LogP contribution in [0.5, 0.6) is 11.5 Å². The molecule has 7 heteroatoms. The van der Waals surface area contributed by atoms with Gasteiger partial charge in [-0.15, -0.1) is 11.8 Å². The predicted octanol–water partition coefficient (Wildman–Crippen LogP) is 4.28. The molecule has 1 aromatic heterocycles. The lowest BCUT2D eigenvalue weighted by Gasteiger charge is -2.17. The molecule has 1 aliphatic rings. The normalized spacial score (nSPS) is 12.6. The molecule has 1 N–H and O–H groups in total. The van der Waals surface area contributed by atoms with Gasteiger partial charge in [0.2, 0.25) is 5.91 Å². The van der Waals surface area contributed by atoms with Gasteiger partial charge in [-0.1, -0.05) is 18.2 Å². The number of para-hydroxylation sites is 1. The van der Waals surface area contributed by atoms with Gasteiger partial charge in [0.15, 0.2) is 0 Å². The fourth-order valence-electron chi connectivity index (χ4n) is 2.69. The van der Waals surface area contributed by atoms with Crippen molar-refractivity contribution < 1.29 is 19.1 Å². The third-order valence-electron chi connectivity index (χ3n) is 4.04. The largest absolute Gasteiger partial charge is 0.457 e. The lowest BCUT2D eigenvalue weighted by molar-refractivity contribution is -0.113. The Morgan fingerprint density at radius 1 is 1.14 bits per heavy atom. The molecule has 0 atom stereocenters. The number of thioether (sulfide) groups is 1. The molecule has 4 rings (SSSR count). The van der Waals surface area contributed by atoms with Crippen molar-refractivity contribution in [2.75, 3.05) is 11.1 Å². The van der Waals surface area contributed by atoms with Crippen LogP contribution in [0.1, 0.15) is 15.9 Å². The van der Waals surface area contributed by atoms with Crippen molar-refractivity contribution in [3.05, 3.63) is 78.1 Å². The van der Waals surface area contributed by atoms with Crippen molar-refractivity contribution in [3.8, 4) is 11.5 Å². The Labute approximate surface area is 165 Å². The Bertz CT molecular complexity index is 1020. The van der Waals surface area contributed by atoms with E-state index in [1.54, 1.807) is 36.7 Å². The minimum atomic E-state index is -0.469. The van der Waals surface area contributed by atoms with Crippen LogP contribution >= 0.6 is 11.8 Å². The second kappa shape index (κ2) is 8.14. The van der Waals surface area contributed by atoms with Crippen molar-refractivity contribution in [2.45, 2.75) is 11.5 Å². The Morgan fingerprint density at radius 3 is 2.89 bits per heavy atom. The van der Waals surface area contributed by atoms with Crippen molar-refractivity contribution in [3.63, 3.8) is 0 Å². The highest BCUT2D eigenvalue weighted by Crippen LogP contribution is 2.32. The molecule has 0 radical (unpaired) electrons. The Hall–Kier alpha value is -3.32. The summed E-state index contributed by atoms with van der Waals surface area (Å²) in [4.78, 5) is 29.0. The molecule has 0 saturated carbocycles. The van der Waals surface area contributed by atoms with Crippen molar-refractivity contribution in [1.82, 2.24) is 4.98 Å². The van der Waals surface area contributed by atoms with Crippen LogP contribution in [0.15, 0.2) is 71.9 Å². The van der Waals surface area contributed by atoms with Gasteiger partial charge in [0.05, 0.1) is 23.2 Å². The first kappa shape index (κ1) is 18.1. The Balaban J connectivity index is 1.46. The number of esters is 1. The number of hydrogen-bond donors (Lipinski definition) is 1. The third kappa shape index (κ3) is 4.15. The number of benzene rings is 2. The summed E-state index contributed by atoms with van der Waals surface area (Å²) in [6, 6.07) is 16.1. The topological polar surface area (TPSA) is 77.5 Å². The lowest BCUT2D eigenvalue weighted by Crippen LogP contribution is -2.19. The van der Waals surface area contributed by atoms with Crippen LogP contribution in [0, 0.1) is 0 Å². The number of rotatable bonds is 5. The highest BCUT2D eigenvalue weighted by molar-refractivity contribution is 8.00. The molecule has 2 aromatic carbocycles. The molecule has 0 saturated heterocycles. The molecule has 1 amide bonds. The molecule has 28 heavy (non-hydrogen) atoms. The minimum absolute atomic E-state index is 0.0630. The van der Waals surface area contributed by atoms with Gasteiger partial charge in [-0.05, 0) is 36.4 Å². The number of aromatic nitrogens is 1. The number of nitrogens with zero attached hydrogens (tertiary/aromatic N) is 1. The van der Waals surface area contributed by atoms with Gasteiger partial charge < -0.3 is 14.8 Å². The summed E-state index contributed by atoms with van der Waals surface area (Å²) in [5, 5.41) is 2.77. The maximum absolute atomic E-state index is 12.5. The summed E-state index contributed by atoms with van der Waals surface area (Å²) in [7, 11) is 0. The molecule has 2 heterocycles. The van der Waals surface area contributed by atoms with E-state index < -0.39 is 5.97 Å². The molecular weight excluding hydrogens is 376 g/mol. The quantitative estimate of drug-likeness (QED) is 0.653. The first-order chi connectivity index (χ1) is 13.7. The van der Waals surface area contributed by atoms with Crippen LogP contribution in [0.3, 0.4) is 0 Å². The number of fused-ring (bicyclic) bond motifs is 1. The number of carbonyl (C=O) groups is 2. The van der Waals surface area contributed by atoms with E-state index in [0.717, 1.165) is 10.5 Å². The molecule has 0 fully saturated rings. The van der Waals surface area contributed by atoms with Gasteiger partial charge in [0.25, 0.3) is 0 Å². The number of anilines is 1. The fraction of sp³-hybridized carbons (Fsp3) is 0.0952. The fourth-order valence-corrected chi connectivity index (χ4v) is 3.48. The number of hydrogen-bond acceptors (Lipinski definition) is 6. The molecule has 6 nitrogen and oxygen atoms in total. The number of carbonyl (C=O) groups excluding carboxylic acids is 2. The molecule has 0 spiro atoms. The summed E-state index contributed by atoms with van der Waals surface area (Å²) in [5.74, 6) is 1.03. The maximum Gasteiger partial charge on any atom is 0.338 e. The van der Waals surface area contributed by atoms with Gasteiger partial charge in [-0.25, -0.2) is 4.79 Å². The molecule has 0 unspecified atom stereocenters. The smallest absolute Gasteiger partial charge is 0.338 e. The SMILES string of the molecule is O=C1CSc2ccc(C(=O)OCc3ccccc3Oc3cccnc3)cc2N1. The van der Waals surface area contributed by atoms with Crippen LogP contribution in [0.4, 0.5) is 5.69 Å². The van der Waals surface area contributed by atoms with E-state index in [-0.39, 0.29) is 12.5 Å². The number of ether oxygens (including phenoxy) is 2. The van der Waals surface area contributed by atoms with Crippen LogP contribution in [-0.4, -0.2) is 22.6 Å². The van der Waals surface area contributed by atoms with Crippen LogP contribution in [0.25, 0.3) is 0 Å². The predicted molar refractivity (Wildman–Crippen MR) is 106 cm³/mol. The van der Waals surface area contributed by atoms with E-state index in [9.17, 15) is 9.59 Å². The van der Waals surface area contributed by atoms with Gasteiger partial charge in [-0.2, -0.15) is 0 Å². The van der Waals surface area contributed by atoms with Gasteiger partial charge >= 0.3 is 5.97 Å². The van der Waals surface area contributed by atoms with Gasteiger partial charge in [0, 0.05) is 16.7 Å². The lowest BCUT2D eigenvalue weighted by atomic mass is 10.2. The van der Waals surface area contributed by atoms with E-state index in [1.807, 2.05) is 30.3 Å². The third-order valence-corrected chi connectivity index (χ3v) is 5.12. The molecule has 3 aromatic rings. The molecule has 140 valence electrons. The standard InChI is InChI=1S/C21H16N2O4S/c24-20-13-28-19-8-7-14(10-17(19)23-20)21(25)26-12-15-4-1-2-6-18(15)27-16-5-3-9-22-11-16/h1-11H,12-13H2,(H,23,24). The van der Waals surface area contributed by atoms with Crippen LogP contribution < -0.4 is 10.1 Å². The number of amides is 1. The number of nitrogens with one attached hydrogen (secondary N) is 1. The first-order valence-corrected chi connectivity index (χ1v) is 9.57. The maximum atomic E-state index is 12.5. The van der Waals surface area contributed by atoms with Crippen LogP contribution in [0.2, 0.25) is 0 Å². The molecule has 1 aliphatic heterocycles. The first-order valence-electron chi connectivity index (χ1n) is 8.59. The van der Waals surface area contributed by atoms with E-state index in [0.29, 0.717) is 28.5 Å². The van der Waals surface area contributed by atoms with Crippen LogP contribution in [-0.2, 0) is 16.1 Å². The zero-order valence-electron chi connectivity index (χ0n) is 14.8. The van der Waals surface area contributed by atoms with E-state index in [4.69, 9.17) is 9.47 Å². The van der Waals surface area contributed by atoms with Gasteiger partial charge in [0.1, 0.15) is 18.1 Å². The van der Waals surface area contributed by atoms with E-state index in [2.05, 4.69) is 10.3 Å². The number of pyridine rings is 1. The zero-order chi connectivity index (χ0) is 19.3. The Morgan fingerprint density at radius 2 is 2.04 bits per heavy atom. The van der Waals surface area contributed by atoms with Gasteiger partial charge in [-0.3, -0.25) is 9.78 Å². The van der Waals surface area contributed by atoms with E-state index >= 15 is 0 Å². The van der Waals surface area contributed by atoms with Crippen molar-refractivity contribution in [1.29, 1.82) is 0 Å². The molecule has 0 bridgehead atoms. The van der Waals surface area contributed by atoms with Crippen molar-refractivity contribution >= 4 is 29.3 Å². The zero-order valence-corrected chi connectivity index (χ0v) is 15.6. The average Bonchev–Trinajstić information content (AvgIpc) is 2.73. The summed E-state index contributed by atoms with van der Waals surface area (Å²) >= 11 is 1.44. The summed E-state index contributed by atoms with van der Waals surface area (Å²) in [6.07, 6.45) is 3.28. The summed E-state index contributed by atoms with van der Waals surface area (Å²) < 4.78 is 11.3. The monoisotopic (exact) mass is 392 g/mol. The molecular formula is C21H16N2O4S. The average molecular weight is 392 g/mol. The van der Waals surface area contributed by atoms with E-state index in [1.165, 1.54) is 11.8 Å².